The van der Waals surface area contributed by atoms with Crippen LogP contribution in [0.15, 0.2) is 18.2 Å². The van der Waals surface area contributed by atoms with E-state index in [-0.39, 0.29) is 11.4 Å². The monoisotopic (exact) mass is 193 g/mol. The fourth-order valence-electron chi connectivity index (χ4n) is 1.27. The minimum Gasteiger partial charge on any atom is -0.393 e. The Labute approximate surface area is 81.1 Å². The van der Waals surface area contributed by atoms with Gasteiger partial charge in [0.25, 0.3) is 5.69 Å². The fraction of sp³-hybridized carbons (Fsp3) is 0.333. The molecule has 5 nitrogen and oxygen atoms in total. The predicted molar refractivity (Wildman–Crippen MR) is 54.2 cm³/mol. The molecule has 1 aromatic rings. The second-order valence-electron chi connectivity index (χ2n) is 3.45. The van der Waals surface area contributed by atoms with Crippen molar-refractivity contribution in [2.45, 2.75) is 18.9 Å². The predicted octanol–water partition coefficient (Wildman–Crippen LogP) is 1.75. The summed E-state index contributed by atoms with van der Waals surface area (Å²) in [4.78, 5) is 10.00. The Kier molecular flexibility index (Phi) is 1.99. The van der Waals surface area contributed by atoms with E-state index in [4.69, 9.17) is 5.73 Å². The van der Waals surface area contributed by atoms with Gasteiger partial charge in [0, 0.05) is 17.8 Å². The van der Waals surface area contributed by atoms with E-state index in [0.29, 0.717) is 6.04 Å². The Morgan fingerprint density at radius 3 is 2.71 bits per heavy atom. The number of hydrogen-bond donors (Lipinski definition) is 2. The molecule has 0 unspecified atom stereocenters. The summed E-state index contributed by atoms with van der Waals surface area (Å²) in [5, 5.41) is 13.7. The maximum absolute atomic E-state index is 10.5. The van der Waals surface area contributed by atoms with Crippen LogP contribution in [0.3, 0.4) is 0 Å². The fourth-order valence-corrected chi connectivity index (χ4v) is 1.27. The van der Waals surface area contributed by atoms with E-state index in [1.165, 1.54) is 6.07 Å². The summed E-state index contributed by atoms with van der Waals surface area (Å²) in [6, 6.07) is 5.25. The van der Waals surface area contributed by atoms with Gasteiger partial charge in [-0.05, 0) is 25.0 Å². The molecule has 0 spiro atoms. The topological polar surface area (TPSA) is 81.2 Å². The minimum absolute atomic E-state index is 0.0358. The van der Waals surface area contributed by atoms with E-state index in [1.807, 2.05) is 0 Å². The van der Waals surface area contributed by atoms with Gasteiger partial charge in [-0.25, -0.2) is 0 Å². The van der Waals surface area contributed by atoms with Crippen LogP contribution in [-0.2, 0) is 0 Å². The molecule has 0 amide bonds. The number of nitrogen functional groups attached to an aromatic ring is 1. The third-order valence-corrected chi connectivity index (χ3v) is 2.17. The number of nitrogens with one attached hydrogen (secondary N) is 1. The molecule has 0 bridgehead atoms. The summed E-state index contributed by atoms with van der Waals surface area (Å²) < 4.78 is 0. The van der Waals surface area contributed by atoms with E-state index in [9.17, 15) is 10.1 Å². The molecule has 1 aromatic carbocycles. The van der Waals surface area contributed by atoms with Crippen molar-refractivity contribution in [2.75, 3.05) is 11.1 Å². The zero-order valence-corrected chi connectivity index (χ0v) is 7.56. The molecule has 1 aliphatic carbocycles. The van der Waals surface area contributed by atoms with E-state index >= 15 is 0 Å². The molecule has 0 aliphatic heterocycles. The maximum atomic E-state index is 10.5. The first kappa shape index (κ1) is 8.80. The lowest BCUT2D eigenvalue weighted by molar-refractivity contribution is -0.383. The van der Waals surface area contributed by atoms with E-state index in [0.717, 1.165) is 18.5 Å². The Balaban J connectivity index is 2.20. The third-order valence-electron chi connectivity index (χ3n) is 2.17. The molecule has 0 atom stereocenters. The number of nitro benzene ring substituents is 1. The van der Waals surface area contributed by atoms with Gasteiger partial charge in [0.1, 0.15) is 5.69 Å². The molecule has 0 aromatic heterocycles. The molecule has 1 aliphatic rings. The lowest BCUT2D eigenvalue weighted by Crippen LogP contribution is -2.02. The largest absolute Gasteiger partial charge is 0.393 e. The van der Waals surface area contributed by atoms with Gasteiger partial charge in [-0.3, -0.25) is 10.1 Å². The van der Waals surface area contributed by atoms with Gasteiger partial charge in [-0.15, -0.1) is 0 Å². The van der Waals surface area contributed by atoms with Gasteiger partial charge in [0.05, 0.1) is 4.92 Å². The van der Waals surface area contributed by atoms with Crippen molar-refractivity contribution < 1.29 is 4.92 Å². The smallest absolute Gasteiger partial charge is 0.292 e. The Morgan fingerprint density at radius 2 is 2.21 bits per heavy atom. The highest BCUT2D eigenvalue weighted by atomic mass is 16.6. The average molecular weight is 193 g/mol. The van der Waals surface area contributed by atoms with Crippen molar-refractivity contribution in [2.24, 2.45) is 0 Å². The summed E-state index contributed by atoms with van der Waals surface area (Å²) in [5.74, 6) is 0. The first-order valence-electron chi connectivity index (χ1n) is 4.47. The number of rotatable bonds is 3. The number of nitrogens with zero attached hydrogens (tertiary/aromatic N) is 1. The standard InChI is InChI=1S/C9H11N3O2/c10-8-5-7(11-6-1-2-6)3-4-9(8)12(13)14/h3-6,11H,1-2,10H2. The van der Waals surface area contributed by atoms with Gasteiger partial charge in [0.15, 0.2) is 0 Å². The molecule has 1 saturated carbocycles. The summed E-state index contributed by atoms with van der Waals surface area (Å²) in [6.07, 6.45) is 2.33. The number of nitrogens with two attached hydrogens (primary N) is 1. The van der Waals surface area contributed by atoms with Crippen LogP contribution in [0, 0.1) is 10.1 Å². The van der Waals surface area contributed by atoms with E-state index in [2.05, 4.69) is 5.32 Å². The van der Waals surface area contributed by atoms with Gasteiger partial charge in [-0.2, -0.15) is 0 Å². The lowest BCUT2D eigenvalue weighted by atomic mass is 10.2. The van der Waals surface area contributed by atoms with Gasteiger partial charge < -0.3 is 11.1 Å². The molecule has 1 fully saturated rings. The molecule has 0 saturated heterocycles. The van der Waals surface area contributed by atoms with Crippen LogP contribution in [-0.4, -0.2) is 11.0 Å². The quantitative estimate of drug-likeness (QED) is 0.435. The zero-order valence-electron chi connectivity index (χ0n) is 7.56. The van der Waals surface area contributed by atoms with E-state index in [1.54, 1.807) is 12.1 Å². The van der Waals surface area contributed by atoms with Crippen LogP contribution in [0.25, 0.3) is 0 Å². The minimum atomic E-state index is -0.476. The number of anilines is 2. The molecule has 14 heavy (non-hydrogen) atoms. The number of benzene rings is 1. The SMILES string of the molecule is Nc1cc(NC2CC2)ccc1[N+](=O)[O-]. The van der Waals surface area contributed by atoms with Crippen molar-refractivity contribution in [3.63, 3.8) is 0 Å². The Hall–Kier alpha value is -1.78. The van der Waals surface area contributed by atoms with E-state index < -0.39 is 4.92 Å². The molecule has 0 radical (unpaired) electrons. The highest BCUT2D eigenvalue weighted by molar-refractivity contribution is 5.66. The summed E-state index contributed by atoms with van der Waals surface area (Å²) in [5.41, 5.74) is 6.57. The molecule has 0 heterocycles. The number of hydrogen-bond acceptors (Lipinski definition) is 4. The van der Waals surface area contributed by atoms with Crippen LogP contribution in [0.2, 0.25) is 0 Å². The van der Waals surface area contributed by atoms with Crippen molar-refractivity contribution >= 4 is 17.1 Å². The molecule has 3 N–H and O–H groups in total. The Morgan fingerprint density at radius 1 is 1.50 bits per heavy atom. The molecule has 2 rings (SSSR count). The van der Waals surface area contributed by atoms with Crippen molar-refractivity contribution in [3.05, 3.63) is 28.3 Å². The summed E-state index contributed by atoms with van der Waals surface area (Å²) in [7, 11) is 0. The second kappa shape index (κ2) is 3.17. The highest BCUT2D eigenvalue weighted by Gasteiger charge is 2.21. The maximum Gasteiger partial charge on any atom is 0.292 e. The third kappa shape index (κ3) is 1.76. The highest BCUT2D eigenvalue weighted by Crippen LogP contribution is 2.29. The summed E-state index contributed by atoms with van der Waals surface area (Å²) >= 11 is 0. The number of nitro groups is 1. The van der Waals surface area contributed by atoms with Gasteiger partial charge in [-0.1, -0.05) is 0 Å². The normalized spacial score (nSPS) is 15.1. The summed E-state index contributed by atoms with van der Waals surface area (Å²) in [6.45, 7) is 0. The first-order chi connectivity index (χ1) is 6.66. The zero-order chi connectivity index (χ0) is 10.1. The van der Waals surface area contributed by atoms with Crippen molar-refractivity contribution in [1.82, 2.24) is 0 Å². The van der Waals surface area contributed by atoms with Gasteiger partial charge in [0.2, 0.25) is 0 Å². The van der Waals surface area contributed by atoms with Crippen LogP contribution in [0.5, 0.6) is 0 Å². The van der Waals surface area contributed by atoms with Crippen molar-refractivity contribution in [1.29, 1.82) is 0 Å². The van der Waals surface area contributed by atoms with Crippen LogP contribution in [0.4, 0.5) is 17.1 Å². The molecule has 5 heteroatoms. The van der Waals surface area contributed by atoms with Crippen LogP contribution < -0.4 is 11.1 Å². The molecular formula is C9H11N3O2. The Bertz CT molecular complexity index is 374. The van der Waals surface area contributed by atoms with Crippen molar-refractivity contribution in [3.8, 4) is 0 Å². The lowest BCUT2D eigenvalue weighted by Gasteiger charge is -2.04. The average Bonchev–Trinajstić information content (AvgIpc) is 2.87. The first-order valence-corrected chi connectivity index (χ1v) is 4.47. The van der Waals surface area contributed by atoms with Gasteiger partial charge >= 0.3 is 0 Å². The van der Waals surface area contributed by atoms with Crippen LogP contribution in [0.1, 0.15) is 12.8 Å². The molecular weight excluding hydrogens is 182 g/mol. The van der Waals surface area contributed by atoms with Crippen LogP contribution >= 0.6 is 0 Å². The second-order valence-corrected chi connectivity index (χ2v) is 3.45. The molecule has 74 valence electrons.